The number of imidazole rings is 1. The number of fused-ring (bicyclic) bond motifs is 1. The van der Waals surface area contributed by atoms with Gasteiger partial charge in [-0.15, -0.1) is 0 Å². The van der Waals surface area contributed by atoms with Crippen molar-refractivity contribution in [2.45, 2.75) is 18.9 Å². The summed E-state index contributed by atoms with van der Waals surface area (Å²) in [5.41, 5.74) is 2.34. The van der Waals surface area contributed by atoms with Crippen LogP contribution in [-0.4, -0.2) is 45.1 Å². The smallest absolute Gasteiger partial charge is 0.109 e. The van der Waals surface area contributed by atoms with Crippen LogP contribution in [0.15, 0.2) is 24.3 Å². The van der Waals surface area contributed by atoms with Crippen LogP contribution in [0.25, 0.3) is 11.0 Å². The molecule has 0 bridgehead atoms. The van der Waals surface area contributed by atoms with Crippen LogP contribution in [0.4, 0.5) is 0 Å². The van der Waals surface area contributed by atoms with Crippen molar-refractivity contribution in [1.29, 1.82) is 0 Å². The summed E-state index contributed by atoms with van der Waals surface area (Å²) in [5.74, 6) is 6.34. The van der Waals surface area contributed by atoms with Gasteiger partial charge in [0.15, 0.2) is 0 Å². The first kappa shape index (κ1) is 15.3. The molecule has 2 heterocycles. The van der Waals surface area contributed by atoms with E-state index in [1.165, 1.54) is 34.4 Å². The van der Waals surface area contributed by atoms with Gasteiger partial charge in [-0.1, -0.05) is 12.1 Å². The number of thioether (sulfide) groups is 2. The molecule has 0 spiro atoms. The standard InChI is InChI=1S/C16H23N3S2/c1-19-15-6-3-2-5-14(15)18-16(19)7-4-8-17-13-11-20-9-10-21-12-13/h2-3,5-6,13,17H,4,7-12H2,1H3. The molecule has 0 aliphatic carbocycles. The highest BCUT2D eigenvalue weighted by Gasteiger charge is 2.12. The van der Waals surface area contributed by atoms with Gasteiger partial charge in [-0.3, -0.25) is 0 Å². The molecule has 3 rings (SSSR count). The van der Waals surface area contributed by atoms with Gasteiger partial charge in [-0.05, 0) is 25.1 Å². The van der Waals surface area contributed by atoms with E-state index in [1.807, 2.05) is 0 Å². The average Bonchev–Trinajstić information content (AvgIpc) is 2.69. The third kappa shape index (κ3) is 3.96. The fourth-order valence-electron chi connectivity index (χ4n) is 2.71. The topological polar surface area (TPSA) is 29.9 Å². The lowest BCUT2D eigenvalue weighted by atomic mass is 10.2. The van der Waals surface area contributed by atoms with Crippen LogP contribution >= 0.6 is 23.5 Å². The SMILES string of the molecule is Cn1c(CCCNC2CSCCSC2)nc2ccccc21. The molecule has 1 aliphatic rings. The number of benzene rings is 1. The largest absolute Gasteiger partial charge is 0.331 e. The lowest BCUT2D eigenvalue weighted by molar-refractivity contribution is 0.574. The maximum atomic E-state index is 4.74. The third-order valence-corrected chi connectivity index (χ3v) is 6.42. The Hall–Kier alpha value is -0.650. The summed E-state index contributed by atoms with van der Waals surface area (Å²) in [5, 5.41) is 3.71. The number of hydrogen-bond acceptors (Lipinski definition) is 4. The molecular formula is C16H23N3S2. The summed E-state index contributed by atoms with van der Waals surface area (Å²) in [6.45, 7) is 1.09. The molecule has 114 valence electrons. The molecule has 5 heteroatoms. The van der Waals surface area contributed by atoms with Gasteiger partial charge < -0.3 is 9.88 Å². The minimum atomic E-state index is 0.683. The molecule has 3 nitrogen and oxygen atoms in total. The van der Waals surface area contributed by atoms with Crippen LogP contribution in [-0.2, 0) is 13.5 Å². The molecule has 21 heavy (non-hydrogen) atoms. The van der Waals surface area contributed by atoms with Gasteiger partial charge in [-0.25, -0.2) is 4.98 Å². The summed E-state index contributed by atoms with van der Waals surface area (Å²) in [6, 6.07) is 9.06. The summed E-state index contributed by atoms with van der Waals surface area (Å²) in [7, 11) is 2.12. The predicted octanol–water partition coefficient (Wildman–Crippen LogP) is 2.94. The molecule has 1 N–H and O–H groups in total. The molecule has 1 saturated heterocycles. The van der Waals surface area contributed by atoms with E-state index in [9.17, 15) is 0 Å². The van der Waals surface area contributed by atoms with Crippen molar-refractivity contribution in [2.24, 2.45) is 7.05 Å². The highest BCUT2D eigenvalue weighted by atomic mass is 32.2. The zero-order chi connectivity index (χ0) is 14.5. The van der Waals surface area contributed by atoms with E-state index in [0.29, 0.717) is 6.04 Å². The minimum Gasteiger partial charge on any atom is -0.331 e. The van der Waals surface area contributed by atoms with Gasteiger partial charge in [-0.2, -0.15) is 23.5 Å². The molecule has 0 unspecified atom stereocenters. The Balaban J connectivity index is 1.49. The zero-order valence-corrected chi connectivity index (χ0v) is 14.2. The van der Waals surface area contributed by atoms with Gasteiger partial charge in [0, 0.05) is 42.5 Å². The Kier molecular flexibility index (Phi) is 5.49. The minimum absolute atomic E-state index is 0.683. The average molecular weight is 322 g/mol. The Morgan fingerprint density at radius 2 is 2.00 bits per heavy atom. The molecule has 2 aromatic rings. The maximum Gasteiger partial charge on any atom is 0.109 e. The molecule has 0 atom stereocenters. The van der Waals surface area contributed by atoms with Crippen molar-refractivity contribution in [3.05, 3.63) is 30.1 Å². The fourth-order valence-corrected chi connectivity index (χ4v) is 5.17. The summed E-state index contributed by atoms with van der Waals surface area (Å²) in [4.78, 5) is 4.74. The number of nitrogens with one attached hydrogen (secondary N) is 1. The second kappa shape index (κ2) is 7.56. The zero-order valence-electron chi connectivity index (χ0n) is 12.5. The molecule has 0 amide bonds. The summed E-state index contributed by atoms with van der Waals surface area (Å²) in [6.07, 6.45) is 2.20. The maximum absolute atomic E-state index is 4.74. The fraction of sp³-hybridized carbons (Fsp3) is 0.562. The molecular weight excluding hydrogens is 298 g/mol. The summed E-state index contributed by atoms with van der Waals surface area (Å²) < 4.78 is 2.23. The first-order valence-corrected chi connectivity index (χ1v) is 9.95. The van der Waals surface area contributed by atoms with E-state index in [4.69, 9.17) is 4.98 Å². The van der Waals surface area contributed by atoms with Crippen LogP contribution in [0.2, 0.25) is 0 Å². The second-order valence-corrected chi connectivity index (χ2v) is 7.78. The number of para-hydroxylation sites is 2. The van der Waals surface area contributed by atoms with Crippen LogP contribution in [0.5, 0.6) is 0 Å². The monoisotopic (exact) mass is 321 g/mol. The van der Waals surface area contributed by atoms with Crippen molar-refractivity contribution in [1.82, 2.24) is 14.9 Å². The summed E-state index contributed by atoms with van der Waals surface area (Å²) >= 11 is 4.17. The number of rotatable bonds is 5. The van der Waals surface area contributed by atoms with E-state index in [-0.39, 0.29) is 0 Å². The lowest BCUT2D eigenvalue weighted by Crippen LogP contribution is -2.34. The molecule has 1 fully saturated rings. The first-order valence-electron chi connectivity index (χ1n) is 7.64. The molecule has 0 radical (unpaired) electrons. The first-order chi connectivity index (χ1) is 10.3. The van der Waals surface area contributed by atoms with Crippen molar-refractivity contribution in [3.63, 3.8) is 0 Å². The number of nitrogens with zero attached hydrogens (tertiary/aromatic N) is 2. The highest BCUT2D eigenvalue weighted by molar-refractivity contribution is 8.03. The Bertz CT molecular complexity index is 574. The van der Waals surface area contributed by atoms with E-state index in [1.54, 1.807) is 0 Å². The quantitative estimate of drug-likeness (QED) is 0.858. The lowest BCUT2D eigenvalue weighted by Gasteiger charge is -2.15. The van der Waals surface area contributed by atoms with Crippen LogP contribution in [0.1, 0.15) is 12.2 Å². The number of hydrogen-bond donors (Lipinski definition) is 1. The van der Waals surface area contributed by atoms with Gasteiger partial charge in [0.1, 0.15) is 5.82 Å². The number of aryl methyl sites for hydroxylation is 2. The van der Waals surface area contributed by atoms with Crippen LogP contribution < -0.4 is 5.32 Å². The van der Waals surface area contributed by atoms with Gasteiger partial charge in [0.25, 0.3) is 0 Å². The molecule has 1 aromatic carbocycles. The predicted molar refractivity (Wildman–Crippen MR) is 95.5 cm³/mol. The second-order valence-electron chi connectivity index (χ2n) is 5.48. The van der Waals surface area contributed by atoms with Crippen molar-refractivity contribution in [3.8, 4) is 0 Å². The van der Waals surface area contributed by atoms with E-state index < -0.39 is 0 Å². The number of aromatic nitrogens is 2. The van der Waals surface area contributed by atoms with Crippen LogP contribution in [0.3, 0.4) is 0 Å². The van der Waals surface area contributed by atoms with Crippen molar-refractivity contribution < 1.29 is 0 Å². The van der Waals surface area contributed by atoms with Gasteiger partial charge >= 0.3 is 0 Å². The Morgan fingerprint density at radius 1 is 1.24 bits per heavy atom. The molecule has 1 aromatic heterocycles. The Morgan fingerprint density at radius 3 is 2.76 bits per heavy atom. The van der Waals surface area contributed by atoms with Crippen LogP contribution in [0, 0.1) is 0 Å². The van der Waals surface area contributed by atoms with E-state index in [2.05, 4.69) is 64.7 Å². The highest BCUT2D eigenvalue weighted by Crippen LogP contribution is 2.17. The van der Waals surface area contributed by atoms with E-state index >= 15 is 0 Å². The Labute approximate surface area is 135 Å². The third-order valence-electron chi connectivity index (χ3n) is 3.90. The van der Waals surface area contributed by atoms with Gasteiger partial charge in [0.05, 0.1) is 11.0 Å². The normalized spacial score (nSPS) is 17.2. The van der Waals surface area contributed by atoms with E-state index in [0.717, 1.165) is 24.9 Å². The van der Waals surface area contributed by atoms with Gasteiger partial charge in [0.2, 0.25) is 0 Å². The molecule has 0 saturated carbocycles. The molecule has 1 aliphatic heterocycles. The van der Waals surface area contributed by atoms with Crippen molar-refractivity contribution in [2.75, 3.05) is 29.6 Å². The van der Waals surface area contributed by atoms with Crippen molar-refractivity contribution >= 4 is 34.6 Å².